The van der Waals surface area contributed by atoms with Gasteiger partial charge in [0.15, 0.2) is 11.5 Å². The number of aryl methyl sites for hydroxylation is 1. The smallest absolute Gasteiger partial charge is 0.161 e. The maximum Gasteiger partial charge on any atom is 0.161 e. The number of ether oxygens (including phenoxy) is 2. The molecule has 5 heteroatoms. The van der Waals surface area contributed by atoms with Crippen molar-refractivity contribution in [3.8, 4) is 11.5 Å². The molecule has 0 spiro atoms. The average molecular weight is 271 g/mol. The van der Waals surface area contributed by atoms with Gasteiger partial charge in [-0.15, -0.1) is 0 Å². The first kappa shape index (κ1) is 12.7. The van der Waals surface area contributed by atoms with E-state index in [1.165, 1.54) is 5.56 Å². The monoisotopic (exact) mass is 271 g/mol. The van der Waals surface area contributed by atoms with Gasteiger partial charge in [0, 0.05) is 18.3 Å². The second kappa shape index (κ2) is 5.77. The molecular weight excluding hydrogens is 254 g/mol. The van der Waals surface area contributed by atoms with Crippen LogP contribution in [0.5, 0.6) is 11.5 Å². The van der Waals surface area contributed by atoms with E-state index >= 15 is 0 Å². The molecule has 1 aromatic carbocycles. The summed E-state index contributed by atoms with van der Waals surface area (Å²) in [5, 5.41) is 3.29. The summed E-state index contributed by atoms with van der Waals surface area (Å²) < 4.78 is 11.1. The van der Waals surface area contributed by atoms with Gasteiger partial charge < -0.3 is 14.8 Å². The third-order valence-electron chi connectivity index (χ3n) is 3.13. The third kappa shape index (κ3) is 2.99. The quantitative estimate of drug-likeness (QED) is 0.924. The molecule has 2 heterocycles. The van der Waals surface area contributed by atoms with Crippen LogP contribution in [0.1, 0.15) is 11.3 Å². The molecule has 0 atom stereocenters. The molecule has 3 rings (SSSR count). The van der Waals surface area contributed by atoms with Crippen molar-refractivity contribution in [3.63, 3.8) is 0 Å². The molecule has 0 amide bonds. The zero-order chi connectivity index (χ0) is 13.8. The van der Waals surface area contributed by atoms with Gasteiger partial charge in [0.05, 0.1) is 0 Å². The summed E-state index contributed by atoms with van der Waals surface area (Å²) in [5.74, 6) is 2.53. The van der Waals surface area contributed by atoms with Gasteiger partial charge in [-0.25, -0.2) is 9.97 Å². The lowest BCUT2D eigenvalue weighted by molar-refractivity contribution is 0.171. The van der Waals surface area contributed by atoms with E-state index < -0.39 is 0 Å². The summed E-state index contributed by atoms with van der Waals surface area (Å²) in [6, 6.07) is 8.02. The van der Waals surface area contributed by atoms with E-state index in [0.29, 0.717) is 13.2 Å². The molecule has 2 aromatic rings. The number of aromatic nitrogens is 2. The molecule has 104 valence electrons. The Morgan fingerprint density at radius 3 is 2.80 bits per heavy atom. The summed E-state index contributed by atoms with van der Waals surface area (Å²) in [6.45, 7) is 4.01. The second-order valence-electron chi connectivity index (χ2n) is 4.70. The molecule has 5 nitrogen and oxygen atoms in total. The average Bonchev–Trinajstić information content (AvgIpc) is 2.47. The fourth-order valence-corrected chi connectivity index (χ4v) is 2.13. The van der Waals surface area contributed by atoms with E-state index in [0.717, 1.165) is 36.0 Å². The molecule has 0 fully saturated rings. The Hall–Kier alpha value is -2.30. The van der Waals surface area contributed by atoms with E-state index in [1.54, 1.807) is 6.33 Å². The van der Waals surface area contributed by atoms with Gasteiger partial charge in [-0.1, -0.05) is 6.07 Å². The molecular formula is C15H17N3O2. The number of nitrogens with zero attached hydrogens (tertiary/aromatic N) is 2. The van der Waals surface area contributed by atoms with Gasteiger partial charge in [-0.3, -0.25) is 0 Å². The van der Waals surface area contributed by atoms with Crippen LogP contribution >= 0.6 is 0 Å². The maximum absolute atomic E-state index is 5.58. The Labute approximate surface area is 118 Å². The third-order valence-corrected chi connectivity index (χ3v) is 3.13. The zero-order valence-electron chi connectivity index (χ0n) is 11.4. The predicted molar refractivity (Wildman–Crippen MR) is 76.4 cm³/mol. The standard InChI is InChI=1S/C15H17N3O2/c1-11-8-15(18-10-17-11)16-5-4-12-2-3-13-14(9-12)20-7-6-19-13/h2-3,8-10H,4-7H2,1H3,(H,16,17,18). The molecule has 20 heavy (non-hydrogen) atoms. The Morgan fingerprint density at radius 1 is 1.10 bits per heavy atom. The minimum absolute atomic E-state index is 0.620. The zero-order valence-corrected chi connectivity index (χ0v) is 11.4. The highest BCUT2D eigenvalue weighted by molar-refractivity contribution is 5.44. The number of anilines is 1. The summed E-state index contributed by atoms with van der Waals surface area (Å²) in [5.41, 5.74) is 2.18. The normalized spacial score (nSPS) is 13.1. The van der Waals surface area contributed by atoms with Gasteiger partial charge in [0.25, 0.3) is 0 Å². The van der Waals surface area contributed by atoms with Crippen LogP contribution < -0.4 is 14.8 Å². The minimum Gasteiger partial charge on any atom is -0.486 e. The fourth-order valence-electron chi connectivity index (χ4n) is 2.13. The van der Waals surface area contributed by atoms with Crippen molar-refractivity contribution in [1.29, 1.82) is 0 Å². The second-order valence-corrected chi connectivity index (χ2v) is 4.70. The van der Waals surface area contributed by atoms with Gasteiger partial charge >= 0.3 is 0 Å². The van der Waals surface area contributed by atoms with Crippen LogP contribution in [0.3, 0.4) is 0 Å². The molecule has 1 aliphatic rings. The van der Waals surface area contributed by atoms with Crippen LogP contribution in [0.4, 0.5) is 5.82 Å². The molecule has 0 bridgehead atoms. The number of fused-ring (bicyclic) bond motifs is 1. The highest BCUT2D eigenvalue weighted by Gasteiger charge is 2.11. The highest BCUT2D eigenvalue weighted by atomic mass is 16.6. The van der Waals surface area contributed by atoms with E-state index in [1.807, 2.05) is 25.1 Å². The first-order chi connectivity index (χ1) is 9.81. The van der Waals surface area contributed by atoms with Gasteiger partial charge in [-0.05, 0) is 31.0 Å². The number of hydrogen-bond acceptors (Lipinski definition) is 5. The molecule has 1 N–H and O–H groups in total. The fraction of sp³-hybridized carbons (Fsp3) is 0.333. The number of benzene rings is 1. The van der Waals surface area contributed by atoms with Crippen molar-refractivity contribution < 1.29 is 9.47 Å². The van der Waals surface area contributed by atoms with Crippen molar-refractivity contribution in [2.75, 3.05) is 25.1 Å². The Morgan fingerprint density at radius 2 is 1.95 bits per heavy atom. The lowest BCUT2D eigenvalue weighted by Gasteiger charge is -2.18. The number of nitrogens with one attached hydrogen (secondary N) is 1. The summed E-state index contributed by atoms with van der Waals surface area (Å²) in [6.07, 6.45) is 2.47. The Kier molecular flexibility index (Phi) is 3.67. The van der Waals surface area contributed by atoms with Crippen LogP contribution in [0.15, 0.2) is 30.6 Å². The van der Waals surface area contributed by atoms with Gasteiger partial charge in [-0.2, -0.15) is 0 Å². The van der Waals surface area contributed by atoms with Crippen LogP contribution in [0.25, 0.3) is 0 Å². The Bertz CT molecular complexity index is 601. The molecule has 0 radical (unpaired) electrons. The van der Waals surface area contributed by atoms with Crippen molar-refractivity contribution in [1.82, 2.24) is 9.97 Å². The summed E-state index contributed by atoms with van der Waals surface area (Å²) in [4.78, 5) is 8.25. The van der Waals surface area contributed by atoms with Gasteiger partial charge in [0.2, 0.25) is 0 Å². The van der Waals surface area contributed by atoms with Gasteiger partial charge in [0.1, 0.15) is 25.4 Å². The topological polar surface area (TPSA) is 56.3 Å². The van der Waals surface area contributed by atoms with E-state index in [-0.39, 0.29) is 0 Å². The first-order valence-electron chi connectivity index (χ1n) is 6.72. The van der Waals surface area contributed by atoms with Crippen LogP contribution in [-0.4, -0.2) is 29.7 Å². The minimum atomic E-state index is 0.620. The molecule has 0 unspecified atom stereocenters. The molecule has 1 aliphatic heterocycles. The number of hydrogen-bond donors (Lipinski definition) is 1. The van der Waals surface area contributed by atoms with E-state index in [2.05, 4.69) is 21.4 Å². The molecule has 0 aliphatic carbocycles. The van der Waals surface area contributed by atoms with Crippen LogP contribution in [0.2, 0.25) is 0 Å². The van der Waals surface area contributed by atoms with Crippen molar-refractivity contribution in [3.05, 3.63) is 41.9 Å². The van der Waals surface area contributed by atoms with E-state index in [4.69, 9.17) is 9.47 Å². The Balaban J connectivity index is 1.58. The maximum atomic E-state index is 5.58. The lowest BCUT2D eigenvalue weighted by Crippen LogP contribution is -2.15. The van der Waals surface area contributed by atoms with Crippen LogP contribution in [0, 0.1) is 6.92 Å². The molecule has 0 saturated carbocycles. The van der Waals surface area contributed by atoms with Crippen molar-refractivity contribution >= 4 is 5.82 Å². The predicted octanol–water partition coefficient (Wildman–Crippen LogP) is 2.21. The largest absolute Gasteiger partial charge is 0.486 e. The number of rotatable bonds is 4. The van der Waals surface area contributed by atoms with Crippen LogP contribution in [-0.2, 0) is 6.42 Å². The highest BCUT2D eigenvalue weighted by Crippen LogP contribution is 2.30. The first-order valence-corrected chi connectivity index (χ1v) is 6.72. The van der Waals surface area contributed by atoms with Crippen molar-refractivity contribution in [2.24, 2.45) is 0 Å². The molecule has 1 aromatic heterocycles. The van der Waals surface area contributed by atoms with E-state index in [9.17, 15) is 0 Å². The van der Waals surface area contributed by atoms with Crippen molar-refractivity contribution in [2.45, 2.75) is 13.3 Å². The summed E-state index contributed by atoms with van der Waals surface area (Å²) >= 11 is 0. The summed E-state index contributed by atoms with van der Waals surface area (Å²) in [7, 11) is 0. The SMILES string of the molecule is Cc1cc(NCCc2ccc3c(c2)OCCO3)ncn1. The molecule has 0 saturated heterocycles. The lowest BCUT2D eigenvalue weighted by atomic mass is 10.1.